The number of nitrogens with zero attached hydrogens (tertiary/aromatic N) is 3. The van der Waals surface area contributed by atoms with Gasteiger partial charge in [0.2, 0.25) is 11.9 Å². The maximum Gasteiger partial charge on any atom is 0.229 e. The summed E-state index contributed by atoms with van der Waals surface area (Å²) in [6.45, 7) is 5.72. The fourth-order valence-corrected chi connectivity index (χ4v) is 4.80. The number of benzene rings is 1. The third-order valence-electron chi connectivity index (χ3n) is 5.81. The molecular weight excluding hydrogens is 423 g/mol. The first-order valence-electron chi connectivity index (χ1n) is 11.0. The van der Waals surface area contributed by atoms with E-state index in [0.717, 1.165) is 67.3 Å². The van der Waals surface area contributed by atoms with Crippen LogP contribution in [0.5, 0.6) is 0 Å². The Balaban J connectivity index is 1.26. The summed E-state index contributed by atoms with van der Waals surface area (Å²) >= 11 is 1.43. The second kappa shape index (κ2) is 10.8. The number of carbonyl (C=O) groups is 1. The normalized spacial score (nSPS) is 15.1. The minimum atomic E-state index is -0.511. The number of amides is 1. The van der Waals surface area contributed by atoms with E-state index in [1.807, 2.05) is 23.6 Å². The van der Waals surface area contributed by atoms with Gasteiger partial charge >= 0.3 is 0 Å². The first-order chi connectivity index (χ1) is 15.5. The lowest BCUT2D eigenvalue weighted by atomic mass is 10.0. The van der Waals surface area contributed by atoms with Gasteiger partial charge in [-0.1, -0.05) is 24.3 Å². The van der Waals surface area contributed by atoms with Crippen LogP contribution in [0.1, 0.15) is 17.5 Å². The van der Waals surface area contributed by atoms with E-state index in [9.17, 15) is 9.18 Å². The Bertz CT molecular complexity index is 1050. The molecule has 1 N–H and O–H groups in total. The predicted octanol–water partition coefficient (Wildman–Crippen LogP) is 4.31. The van der Waals surface area contributed by atoms with E-state index in [1.54, 1.807) is 6.07 Å². The molecule has 4 rings (SSSR count). The zero-order valence-electron chi connectivity index (χ0n) is 18.4. The second-order valence-electron chi connectivity index (χ2n) is 8.36. The van der Waals surface area contributed by atoms with Crippen molar-refractivity contribution in [3.63, 3.8) is 0 Å². The van der Waals surface area contributed by atoms with Crippen LogP contribution in [0.25, 0.3) is 11.1 Å². The average Bonchev–Trinajstić information content (AvgIpc) is 3.24. The first kappa shape index (κ1) is 22.6. The van der Waals surface area contributed by atoms with Crippen molar-refractivity contribution in [2.24, 2.45) is 0 Å². The van der Waals surface area contributed by atoms with Crippen LogP contribution in [-0.4, -0.2) is 60.5 Å². The topological polar surface area (TPSA) is 48.5 Å². The molecule has 0 unspecified atom stereocenters. The van der Waals surface area contributed by atoms with Crippen LogP contribution in [0.2, 0.25) is 0 Å². The van der Waals surface area contributed by atoms with Crippen LogP contribution in [-0.2, 0) is 17.6 Å². The SMILES string of the molecule is CN1CCN(CCCc2cccc(CC(=O)Nc3cc(-c4ccnc(F)c4)cs3)c2)CC1. The highest BCUT2D eigenvalue weighted by atomic mass is 32.1. The van der Waals surface area contributed by atoms with Crippen molar-refractivity contribution in [1.82, 2.24) is 14.8 Å². The minimum absolute atomic E-state index is 0.0473. The fraction of sp³-hybridized carbons (Fsp3) is 0.360. The molecule has 32 heavy (non-hydrogen) atoms. The molecule has 1 aliphatic heterocycles. The highest BCUT2D eigenvalue weighted by molar-refractivity contribution is 7.14. The van der Waals surface area contributed by atoms with Crippen molar-refractivity contribution >= 4 is 22.2 Å². The van der Waals surface area contributed by atoms with Crippen LogP contribution in [0.4, 0.5) is 9.39 Å². The number of thiophene rings is 1. The van der Waals surface area contributed by atoms with E-state index in [-0.39, 0.29) is 5.91 Å². The van der Waals surface area contributed by atoms with Gasteiger partial charge in [-0.3, -0.25) is 4.79 Å². The lowest BCUT2D eigenvalue weighted by Crippen LogP contribution is -2.44. The number of aromatic nitrogens is 1. The van der Waals surface area contributed by atoms with Crippen molar-refractivity contribution in [3.8, 4) is 11.1 Å². The Morgan fingerprint density at radius 3 is 2.72 bits per heavy atom. The van der Waals surface area contributed by atoms with Crippen molar-refractivity contribution < 1.29 is 9.18 Å². The number of nitrogens with one attached hydrogen (secondary N) is 1. The van der Waals surface area contributed by atoms with Gasteiger partial charge in [-0.15, -0.1) is 11.3 Å². The summed E-state index contributed by atoms with van der Waals surface area (Å²) in [5, 5.41) is 5.63. The van der Waals surface area contributed by atoms with Gasteiger partial charge in [-0.2, -0.15) is 4.39 Å². The van der Waals surface area contributed by atoms with E-state index in [2.05, 4.69) is 39.3 Å². The van der Waals surface area contributed by atoms with Crippen molar-refractivity contribution in [1.29, 1.82) is 0 Å². The highest BCUT2D eigenvalue weighted by Crippen LogP contribution is 2.29. The molecule has 1 fully saturated rings. The quantitative estimate of drug-likeness (QED) is 0.518. The molecule has 0 bridgehead atoms. The third-order valence-corrected chi connectivity index (χ3v) is 6.66. The van der Waals surface area contributed by atoms with Gasteiger partial charge in [0.1, 0.15) is 0 Å². The number of aryl methyl sites for hydroxylation is 1. The Hall–Kier alpha value is -2.61. The van der Waals surface area contributed by atoms with Gasteiger partial charge in [0.25, 0.3) is 0 Å². The number of hydrogen-bond donors (Lipinski definition) is 1. The number of piperazine rings is 1. The molecule has 3 aromatic rings. The van der Waals surface area contributed by atoms with Crippen molar-refractivity contribution in [3.05, 3.63) is 71.1 Å². The Morgan fingerprint density at radius 1 is 1.09 bits per heavy atom. The molecule has 1 aromatic carbocycles. The van der Waals surface area contributed by atoms with E-state index < -0.39 is 5.95 Å². The molecule has 0 spiro atoms. The van der Waals surface area contributed by atoms with Gasteiger partial charge in [0.15, 0.2) is 0 Å². The summed E-state index contributed by atoms with van der Waals surface area (Å²) < 4.78 is 13.3. The van der Waals surface area contributed by atoms with E-state index in [1.165, 1.54) is 29.2 Å². The van der Waals surface area contributed by atoms with Crippen LogP contribution in [0.15, 0.2) is 54.0 Å². The molecule has 5 nitrogen and oxygen atoms in total. The van der Waals surface area contributed by atoms with Gasteiger partial charge in [0, 0.05) is 43.8 Å². The smallest absolute Gasteiger partial charge is 0.229 e. The molecule has 168 valence electrons. The minimum Gasteiger partial charge on any atom is -0.317 e. The number of likely N-dealkylation sites (N-methyl/N-ethyl adjacent to an activating group) is 1. The zero-order chi connectivity index (χ0) is 22.3. The summed E-state index contributed by atoms with van der Waals surface area (Å²) in [7, 11) is 2.18. The molecule has 7 heteroatoms. The molecule has 0 atom stereocenters. The summed E-state index contributed by atoms with van der Waals surface area (Å²) in [6, 6.07) is 13.3. The maximum absolute atomic E-state index is 13.3. The zero-order valence-corrected chi connectivity index (χ0v) is 19.2. The van der Waals surface area contributed by atoms with Crippen LogP contribution >= 0.6 is 11.3 Å². The monoisotopic (exact) mass is 452 g/mol. The molecule has 0 saturated carbocycles. The van der Waals surface area contributed by atoms with Gasteiger partial charge < -0.3 is 15.1 Å². The maximum atomic E-state index is 13.3. The summed E-state index contributed by atoms with van der Waals surface area (Å²) in [5.41, 5.74) is 3.92. The highest BCUT2D eigenvalue weighted by Gasteiger charge is 2.13. The Labute approximate surface area is 192 Å². The van der Waals surface area contributed by atoms with Gasteiger partial charge in [-0.05, 0) is 60.8 Å². The summed E-state index contributed by atoms with van der Waals surface area (Å²) in [6.07, 6.45) is 3.94. The third kappa shape index (κ3) is 6.45. The summed E-state index contributed by atoms with van der Waals surface area (Å²) in [5.74, 6) is -0.559. The Morgan fingerprint density at radius 2 is 1.91 bits per heavy atom. The van der Waals surface area contributed by atoms with E-state index >= 15 is 0 Å². The Kier molecular flexibility index (Phi) is 7.63. The molecule has 0 aliphatic carbocycles. The number of halogens is 1. The largest absolute Gasteiger partial charge is 0.317 e. The average molecular weight is 453 g/mol. The van der Waals surface area contributed by atoms with Crippen LogP contribution < -0.4 is 5.32 Å². The van der Waals surface area contributed by atoms with Crippen molar-refractivity contribution in [2.45, 2.75) is 19.3 Å². The number of carbonyl (C=O) groups excluding carboxylic acids is 1. The first-order valence-corrected chi connectivity index (χ1v) is 11.9. The number of hydrogen-bond acceptors (Lipinski definition) is 5. The van der Waals surface area contributed by atoms with Crippen molar-refractivity contribution in [2.75, 3.05) is 45.1 Å². The van der Waals surface area contributed by atoms with E-state index in [4.69, 9.17) is 0 Å². The van der Waals surface area contributed by atoms with E-state index in [0.29, 0.717) is 6.42 Å². The predicted molar refractivity (Wildman–Crippen MR) is 129 cm³/mol. The fourth-order valence-electron chi connectivity index (χ4n) is 3.98. The van der Waals surface area contributed by atoms with Gasteiger partial charge in [0.05, 0.1) is 11.4 Å². The van der Waals surface area contributed by atoms with Crippen LogP contribution in [0, 0.1) is 5.95 Å². The van der Waals surface area contributed by atoms with Gasteiger partial charge in [-0.25, -0.2) is 4.98 Å². The lowest BCUT2D eigenvalue weighted by molar-refractivity contribution is -0.115. The molecule has 1 aliphatic rings. The number of pyridine rings is 1. The standard InChI is InChI=1S/C25H29FN4OS/c1-29-10-12-30(13-11-29)9-3-6-19-4-2-5-20(14-19)15-24(31)28-25-17-22(18-32-25)21-7-8-27-23(26)16-21/h2,4-5,7-8,14,16-18H,3,6,9-13,15H2,1H3,(H,28,31). The molecule has 0 radical (unpaired) electrons. The number of rotatable bonds is 8. The molecular formula is C25H29FN4OS. The molecule has 1 amide bonds. The van der Waals surface area contributed by atoms with Crippen LogP contribution in [0.3, 0.4) is 0 Å². The molecule has 1 saturated heterocycles. The second-order valence-corrected chi connectivity index (χ2v) is 9.27. The number of anilines is 1. The molecule has 2 aromatic heterocycles. The molecule has 3 heterocycles. The lowest BCUT2D eigenvalue weighted by Gasteiger charge is -2.32. The summed E-state index contributed by atoms with van der Waals surface area (Å²) in [4.78, 5) is 21.0.